The van der Waals surface area contributed by atoms with Crippen LogP contribution in [-0.2, 0) is 0 Å². The van der Waals surface area contributed by atoms with Crippen LogP contribution in [0.2, 0.25) is 0 Å². The Morgan fingerprint density at radius 2 is 1.65 bits per heavy atom. The smallest absolute Gasteiger partial charge is 0.0410 e. The van der Waals surface area contributed by atoms with E-state index in [-0.39, 0.29) is 0 Å². The van der Waals surface area contributed by atoms with Gasteiger partial charge in [0.25, 0.3) is 0 Å². The summed E-state index contributed by atoms with van der Waals surface area (Å²) in [7, 11) is 0. The minimum atomic E-state index is 0.448. The molecule has 2 N–H and O–H groups in total. The normalized spacial score (nSPS) is 12.1. The molecular formula is C18H21NS. The third kappa shape index (κ3) is 1.90. The first-order valence-electron chi connectivity index (χ1n) is 7.24. The molecule has 0 aliphatic rings. The molecule has 0 saturated carbocycles. The highest BCUT2D eigenvalue weighted by Gasteiger charge is 2.18. The molecule has 1 heterocycles. The summed E-state index contributed by atoms with van der Waals surface area (Å²) in [6, 6.07) is 11.0. The Hall–Kier alpha value is -1.54. The summed E-state index contributed by atoms with van der Waals surface area (Å²) in [5.74, 6) is 0.903. The second-order valence-electron chi connectivity index (χ2n) is 6.08. The minimum absolute atomic E-state index is 0.448. The van der Waals surface area contributed by atoms with Crippen LogP contribution in [0.25, 0.3) is 20.2 Å². The lowest BCUT2D eigenvalue weighted by molar-refractivity contribution is 0.848. The van der Waals surface area contributed by atoms with E-state index < -0.39 is 0 Å². The number of anilines is 1. The zero-order valence-electron chi connectivity index (χ0n) is 12.5. The van der Waals surface area contributed by atoms with Crippen molar-refractivity contribution in [1.82, 2.24) is 0 Å². The van der Waals surface area contributed by atoms with E-state index in [1.165, 1.54) is 31.3 Å². The second kappa shape index (κ2) is 4.78. The van der Waals surface area contributed by atoms with Gasteiger partial charge in [-0.2, -0.15) is 0 Å². The van der Waals surface area contributed by atoms with Gasteiger partial charge in [-0.1, -0.05) is 45.9 Å². The summed E-state index contributed by atoms with van der Waals surface area (Å²) < 4.78 is 2.72. The monoisotopic (exact) mass is 283 g/mol. The molecule has 0 spiro atoms. The first-order chi connectivity index (χ1) is 9.50. The quantitative estimate of drug-likeness (QED) is 0.584. The minimum Gasteiger partial charge on any atom is -0.398 e. The van der Waals surface area contributed by atoms with E-state index in [9.17, 15) is 0 Å². The molecule has 104 valence electrons. The number of hydrogen-bond acceptors (Lipinski definition) is 2. The van der Waals surface area contributed by atoms with Crippen LogP contribution in [0.3, 0.4) is 0 Å². The molecule has 0 radical (unpaired) electrons. The largest absolute Gasteiger partial charge is 0.398 e. The summed E-state index contributed by atoms with van der Waals surface area (Å²) in [6.07, 6.45) is 0. The van der Waals surface area contributed by atoms with Crippen molar-refractivity contribution in [2.24, 2.45) is 0 Å². The molecule has 0 aliphatic carbocycles. The summed E-state index contributed by atoms with van der Waals surface area (Å²) in [4.78, 5) is 0. The highest BCUT2D eigenvalue weighted by atomic mass is 32.1. The van der Waals surface area contributed by atoms with Crippen molar-refractivity contribution in [3.05, 3.63) is 41.5 Å². The summed E-state index contributed by atoms with van der Waals surface area (Å²) >= 11 is 1.87. The van der Waals surface area contributed by atoms with Gasteiger partial charge in [-0.15, -0.1) is 11.3 Å². The predicted molar refractivity (Wildman–Crippen MR) is 91.9 cm³/mol. The first kappa shape index (κ1) is 13.4. The van der Waals surface area contributed by atoms with Crippen molar-refractivity contribution in [2.45, 2.75) is 39.5 Å². The lowest BCUT2D eigenvalue weighted by atomic mass is 9.91. The molecule has 0 fully saturated rings. The van der Waals surface area contributed by atoms with Gasteiger partial charge >= 0.3 is 0 Å². The third-order valence-corrected chi connectivity index (χ3v) is 5.20. The molecule has 3 rings (SSSR count). The average Bonchev–Trinajstić information content (AvgIpc) is 2.74. The molecule has 1 aromatic heterocycles. The number of nitrogens with two attached hydrogens (primary N) is 1. The molecule has 0 amide bonds. The molecule has 0 bridgehead atoms. The van der Waals surface area contributed by atoms with Crippen LogP contribution in [0.1, 0.15) is 50.7 Å². The van der Waals surface area contributed by atoms with Gasteiger partial charge in [0.1, 0.15) is 0 Å². The lowest BCUT2D eigenvalue weighted by Gasteiger charge is -2.17. The van der Waals surface area contributed by atoms with Gasteiger partial charge in [-0.05, 0) is 35.1 Å². The van der Waals surface area contributed by atoms with Crippen molar-refractivity contribution in [3.63, 3.8) is 0 Å². The highest BCUT2D eigenvalue weighted by molar-refractivity contribution is 7.26. The van der Waals surface area contributed by atoms with Crippen molar-refractivity contribution >= 4 is 37.2 Å². The van der Waals surface area contributed by atoms with E-state index in [4.69, 9.17) is 5.73 Å². The van der Waals surface area contributed by atoms with Crippen molar-refractivity contribution in [2.75, 3.05) is 5.73 Å². The van der Waals surface area contributed by atoms with E-state index >= 15 is 0 Å². The highest BCUT2D eigenvalue weighted by Crippen LogP contribution is 2.43. The molecule has 1 nitrogen and oxygen atoms in total. The van der Waals surface area contributed by atoms with Crippen LogP contribution in [-0.4, -0.2) is 0 Å². The molecule has 20 heavy (non-hydrogen) atoms. The molecule has 2 heteroatoms. The zero-order valence-corrected chi connectivity index (χ0v) is 13.3. The van der Waals surface area contributed by atoms with Crippen LogP contribution in [0, 0.1) is 0 Å². The molecule has 3 aromatic rings. The first-order valence-corrected chi connectivity index (χ1v) is 8.05. The Kier molecular flexibility index (Phi) is 3.21. The van der Waals surface area contributed by atoms with Gasteiger partial charge < -0.3 is 5.73 Å². The van der Waals surface area contributed by atoms with Gasteiger partial charge in [0.2, 0.25) is 0 Å². The van der Waals surface area contributed by atoms with Gasteiger partial charge in [0.05, 0.1) is 0 Å². The van der Waals surface area contributed by atoms with Crippen LogP contribution < -0.4 is 5.73 Å². The van der Waals surface area contributed by atoms with Gasteiger partial charge in [-0.3, -0.25) is 0 Å². The van der Waals surface area contributed by atoms with Crippen LogP contribution in [0.5, 0.6) is 0 Å². The van der Waals surface area contributed by atoms with Gasteiger partial charge in [-0.25, -0.2) is 0 Å². The maximum Gasteiger partial charge on any atom is 0.0410 e. The van der Waals surface area contributed by atoms with E-state index in [2.05, 4.69) is 58.0 Å². The number of benzene rings is 2. The molecule has 2 aromatic carbocycles. The SMILES string of the molecule is CC(C)c1cc2c(sc3ccccc32)c(C(C)C)c1N. The fraction of sp³-hybridized carbons (Fsp3) is 0.333. The third-order valence-electron chi connectivity index (χ3n) is 3.98. The Morgan fingerprint density at radius 1 is 0.950 bits per heavy atom. The maximum atomic E-state index is 6.48. The van der Waals surface area contributed by atoms with E-state index in [0.29, 0.717) is 11.8 Å². The Labute approximate surface area is 124 Å². The van der Waals surface area contributed by atoms with Crippen molar-refractivity contribution in [1.29, 1.82) is 0 Å². The topological polar surface area (TPSA) is 26.0 Å². The fourth-order valence-corrected chi connectivity index (χ4v) is 4.36. The molecule has 0 aliphatic heterocycles. The lowest BCUT2D eigenvalue weighted by Crippen LogP contribution is -2.03. The summed E-state index contributed by atoms with van der Waals surface area (Å²) in [5, 5.41) is 2.73. The fourth-order valence-electron chi connectivity index (χ4n) is 2.97. The summed E-state index contributed by atoms with van der Waals surface area (Å²) in [6.45, 7) is 8.91. The van der Waals surface area contributed by atoms with Crippen LogP contribution in [0.4, 0.5) is 5.69 Å². The number of nitrogen functional groups attached to an aromatic ring is 1. The zero-order chi connectivity index (χ0) is 14.4. The molecular weight excluding hydrogens is 262 g/mol. The Balaban J connectivity index is 2.51. The summed E-state index contributed by atoms with van der Waals surface area (Å²) in [5.41, 5.74) is 10.1. The van der Waals surface area contributed by atoms with Crippen molar-refractivity contribution in [3.8, 4) is 0 Å². The number of fused-ring (bicyclic) bond motifs is 3. The van der Waals surface area contributed by atoms with Gasteiger partial charge in [0.15, 0.2) is 0 Å². The standard InChI is InChI=1S/C18H21NS/c1-10(2)13-9-14-12-7-5-6-8-15(12)20-18(14)16(11(3)4)17(13)19/h5-11H,19H2,1-4H3. The van der Waals surface area contributed by atoms with Gasteiger partial charge in [0, 0.05) is 25.9 Å². The predicted octanol–water partition coefficient (Wildman–Crippen LogP) is 5.88. The van der Waals surface area contributed by atoms with E-state index in [0.717, 1.165) is 5.69 Å². The molecule has 0 saturated heterocycles. The maximum absolute atomic E-state index is 6.48. The number of thiophene rings is 1. The van der Waals surface area contributed by atoms with Crippen LogP contribution >= 0.6 is 11.3 Å². The average molecular weight is 283 g/mol. The second-order valence-corrected chi connectivity index (χ2v) is 7.13. The molecule has 0 atom stereocenters. The van der Waals surface area contributed by atoms with E-state index in [1.54, 1.807) is 0 Å². The van der Waals surface area contributed by atoms with Crippen LogP contribution in [0.15, 0.2) is 30.3 Å². The van der Waals surface area contributed by atoms with E-state index in [1.807, 2.05) is 11.3 Å². The Bertz CT molecular complexity index is 781. The number of hydrogen-bond donors (Lipinski definition) is 1. The Morgan fingerprint density at radius 3 is 2.30 bits per heavy atom. The number of rotatable bonds is 2. The molecule has 0 unspecified atom stereocenters. The van der Waals surface area contributed by atoms with Crippen molar-refractivity contribution < 1.29 is 0 Å².